The number of carbonyl (C=O) groups excluding carboxylic acids is 1. The quantitative estimate of drug-likeness (QED) is 0.613. The number of benzene rings is 1. The zero-order valence-electron chi connectivity index (χ0n) is 9.05. The molecule has 0 unspecified atom stereocenters. The number of carboxylic acids is 1. The van der Waals surface area contributed by atoms with Gasteiger partial charge in [-0.25, -0.2) is 0 Å². The summed E-state index contributed by atoms with van der Waals surface area (Å²) in [5.74, 6) is -2.80. The molecule has 1 rings (SSSR count). The van der Waals surface area contributed by atoms with Crippen LogP contribution in [0.15, 0.2) is 18.2 Å². The molecule has 0 heterocycles. The standard InChI is InChI=1S/C10H9FN2O5/c11-7-5-6(1-2-8(7)13(17)18)12-9(14)3-4-10(15)16/h1-2,5H,3-4H2,(H,12,14)(H,15,16). The molecule has 2 N–H and O–H groups in total. The Hall–Kier alpha value is -2.51. The highest BCUT2D eigenvalue weighted by atomic mass is 19.1. The third kappa shape index (κ3) is 3.81. The number of nitrogens with zero attached hydrogens (tertiary/aromatic N) is 1. The Kier molecular flexibility index (Phi) is 4.30. The number of nitro benzene ring substituents is 1. The number of aliphatic carboxylic acids is 1. The summed E-state index contributed by atoms with van der Waals surface area (Å²) in [6.07, 6.45) is -0.602. The fourth-order valence-electron chi connectivity index (χ4n) is 1.18. The average Bonchev–Trinajstić information content (AvgIpc) is 2.26. The summed E-state index contributed by atoms with van der Waals surface area (Å²) in [4.78, 5) is 30.9. The molecule has 0 saturated carbocycles. The fraction of sp³-hybridized carbons (Fsp3) is 0.200. The highest BCUT2D eigenvalue weighted by Crippen LogP contribution is 2.20. The molecule has 96 valence electrons. The van der Waals surface area contributed by atoms with E-state index in [4.69, 9.17) is 5.11 Å². The molecule has 0 aliphatic heterocycles. The van der Waals surface area contributed by atoms with Crippen molar-refractivity contribution in [2.24, 2.45) is 0 Å². The first kappa shape index (κ1) is 13.6. The van der Waals surface area contributed by atoms with Crippen molar-refractivity contribution in [1.29, 1.82) is 0 Å². The highest BCUT2D eigenvalue weighted by molar-refractivity contribution is 5.92. The van der Waals surface area contributed by atoms with Gasteiger partial charge in [0.05, 0.1) is 11.3 Å². The maximum Gasteiger partial charge on any atom is 0.304 e. The van der Waals surface area contributed by atoms with Crippen LogP contribution in [0.3, 0.4) is 0 Å². The molecule has 0 fully saturated rings. The van der Waals surface area contributed by atoms with Crippen LogP contribution in [0.25, 0.3) is 0 Å². The first-order valence-corrected chi connectivity index (χ1v) is 4.85. The molecule has 0 bridgehead atoms. The molecular formula is C10H9FN2O5. The lowest BCUT2D eigenvalue weighted by atomic mass is 10.2. The summed E-state index contributed by atoms with van der Waals surface area (Å²) < 4.78 is 13.2. The predicted octanol–water partition coefficient (Wildman–Crippen LogP) is 1.54. The van der Waals surface area contributed by atoms with Gasteiger partial charge in [0.2, 0.25) is 11.7 Å². The van der Waals surface area contributed by atoms with Gasteiger partial charge < -0.3 is 10.4 Å². The van der Waals surface area contributed by atoms with E-state index in [0.717, 1.165) is 12.1 Å². The van der Waals surface area contributed by atoms with Gasteiger partial charge in [-0.05, 0) is 6.07 Å². The molecule has 7 nitrogen and oxygen atoms in total. The summed E-state index contributed by atoms with van der Waals surface area (Å²) in [5, 5.41) is 20.9. The second kappa shape index (κ2) is 5.71. The summed E-state index contributed by atoms with van der Waals surface area (Å²) >= 11 is 0. The first-order valence-electron chi connectivity index (χ1n) is 4.85. The van der Waals surface area contributed by atoms with E-state index in [-0.39, 0.29) is 18.5 Å². The van der Waals surface area contributed by atoms with Crippen molar-refractivity contribution >= 4 is 23.3 Å². The van der Waals surface area contributed by atoms with E-state index in [2.05, 4.69) is 5.32 Å². The van der Waals surface area contributed by atoms with Crippen LogP contribution in [-0.4, -0.2) is 21.9 Å². The molecule has 8 heteroatoms. The molecule has 0 aromatic heterocycles. The topological polar surface area (TPSA) is 110 Å². The van der Waals surface area contributed by atoms with Gasteiger partial charge in [0.1, 0.15) is 0 Å². The molecule has 1 aromatic rings. The lowest BCUT2D eigenvalue weighted by molar-refractivity contribution is -0.387. The van der Waals surface area contributed by atoms with Gasteiger partial charge in [0.25, 0.3) is 0 Å². The molecule has 0 radical (unpaired) electrons. The molecule has 0 atom stereocenters. The van der Waals surface area contributed by atoms with Gasteiger partial charge in [0, 0.05) is 24.2 Å². The number of hydrogen-bond donors (Lipinski definition) is 2. The Balaban J connectivity index is 2.69. The first-order chi connectivity index (χ1) is 8.40. The number of carboxylic acid groups (broad SMARTS) is 1. The van der Waals surface area contributed by atoms with Gasteiger partial charge >= 0.3 is 11.7 Å². The SMILES string of the molecule is O=C(O)CCC(=O)Nc1ccc([N+](=O)[O-])c(F)c1. The third-order valence-electron chi connectivity index (χ3n) is 1.99. The second-order valence-corrected chi connectivity index (χ2v) is 3.37. The average molecular weight is 256 g/mol. The second-order valence-electron chi connectivity index (χ2n) is 3.37. The number of rotatable bonds is 5. The normalized spacial score (nSPS) is 9.83. The lowest BCUT2D eigenvalue weighted by Gasteiger charge is -2.04. The monoisotopic (exact) mass is 256 g/mol. The Labute approximate surface area is 100 Å². The zero-order valence-corrected chi connectivity index (χ0v) is 9.05. The van der Waals surface area contributed by atoms with E-state index in [1.54, 1.807) is 0 Å². The minimum Gasteiger partial charge on any atom is -0.481 e. The number of nitro groups is 1. The van der Waals surface area contributed by atoms with Crippen molar-refractivity contribution in [2.45, 2.75) is 12.8 Å². The molecule has 18 heavy (non-hydrogen) atoms. The van der Waals surface area contributed by atoms with E-state index in [9.17, 15) is 24.1 Å². The number of hydrogen-bond acceptors (Lipinski definition) is 4. The van der Waals surface area contributed by atoms with E-state index >= 15 is 0 Å². The van der Waals surface area contributed by atoms with E-state index in [1.165, 1.54) is 6.07 Å². The maximum absolute atomic E-state index is 13.2. The number of halogens is 1. The predicted molar refractivity (Wildman–Crippen MR) is 58.6 cm³/mol. The lowest BCUT2D eigenvalue weighted by Crippen LogP contribution is -2.13. The summed E-state index contributed by atoms with van der Waals surface area (Å²) in [5.41, 5.74) is -0.660. The molecule has 0 aliphatic carbocycles. The minimum atomic E-state index is -1.12. The molecule has 0 saturated heterocycles. The van der Waals surface area contributed by atoms with Crippen LogP contribution in [0.4, 0.5) is 15.8 Å². The van der Waals surface area contributed by atoms with Crippen LogP contribution in [0.2, 0.25) is 0 Å². The molecule has 1 amide bonds. The van der Waals surface area contributed by atoms with Crippen LogP contribution in [0, 0.1) is 15.9 Å². The molecule has 1 aromatic carbocycles. The van der Waals surface area contributed by atoms with Gasteiger partial charge in [-0.1, -0.05) is 0 Å². The largest absolute Gasteiger partial charge is 0.481 e. The molecule has 0 spiro atoms. The Morgan fingerprint density at radius 1 is 1.39 bits per heavy atom. The van der Waals surface area contributed by atoms with E-state index in [1.807, 2.05) is 0 Å². The van der Waals surface area contributed by atoms with Crippen molar-refractivity contribution in [2.75, 3.05) is 5.32 Å². The third-order valence-corrected chi connectivity index (χ3v) is 1.99. The highest BCUT2D eigenvalue weighted by Gasteiger charge is 2.14. The molecule has 0 aliphatic rings. The van der Waals surface area contributed by atoms with E-state index < -0.39 is 28.3 Å². The zero-order chi connectivity index (χ0) is 13.7. The minimum absolute atomic E-state index is 0.0356. The Morgan fingerprint density at radius 2 is 2.06 bits per heavy atom. The summed E-state index contributed by atoms with van der Waals surface area (Å²) in [6, 6.07) is 2.89. The van der Waals surface area contributed by atoms with Gasteiger partial charge in [0.15, 0.2) is 0 Å². The van der Waals surface area contributed by atoms with Crippen molar-refractivity contribution in [3.8, 4) is 0 Å². The maximum atomic E-state index is 13.2. The van der Waals surface area contributed by atoms with Crippen molar-refractivity contribution in [3.63, 3.8) is 0 Å². The number of anilines is 1. The van der Waals surface area contributed by atoms with Crippen molar-refractivity contribution in [3.05, 3.63) is 34.1 Å². The summed E-state index contributed by atoms with van der Waals surface area (Å²) in [6.45, 7) is 0. The van der Waals surface area contributed by atoms with E-state index in [0.29, 0.717) is 0 Å². The van der Waals surface area contributed by atoms with Crippen molar-refractivity contribution in [1.82, 2.24) is 0 Å². The van der Waals surface area contributed by atoms with Gasteiger partial charge in [-0.2, -0.15) is 4.39 Å². The Bertz CT molecular complexity index is 503. The van der Waals surface area contributed by atoms with Crippen LogP contribution in [0.5, 0.6) is 0 Å². The summed E-state index contributed by atoms with van der Waals surface area (Å²) in [7, 11) is 0. The smallest absolute Gasteiger partial charge is 0.304 e. The van der Waals surface area contributed by atoms with Gasteiger partial charge in [-0.3, -0.25) is 19.7 Å². The fourth-order valence-corrected chi connectivity index (χ4v) is 1.18. The molecular weight excluding hydrogens is 247 g/mol. The van der Waals surface area contributed by atoms with Crippen LogP contribution in [0.1, 0.15) is 12.8 Å². The number of nitrogens with one attached hydrogen (secondary N) is 1. The van der Waals surface area contributed by atoms with Crippen molar-refractivity contribution < 1.29 is 24.0 Å². The van der Waals surface area contributed by atoms with Crippen LogP contribution in [-0.2, 0) is 9.59 Å². The Morgan fingerprint density at radius 3 is 2.56 bits per heavy atom. The number of amides is 1. The van der Waals surface area contributed by atoms with Crippen LogP contribution >= 0.6 is 0 Å². The van der Waals surface area contributed by atoms with Crippen LogP contribution < -0.4 is 5.32 Å². The van der Waals surface area contributed by atoms with Gasteiger partial charge in [-0.15, -0.1) is 0 Å². The number of carbonyl (C=O) groups is 2.